The van der Waals surface area contributed by atoms with Crippen LogP contribution in [-0.4, -0.2) is 35.4 Å². The molecule has 1 saturated heterocycles. The molecule has 20 heavy (non-hydrogen) atoms. The summed E-state index contributed by atoms with van der Waals surface area (Å²) in [5.41, 5.74) is 2.04. The molecular formula is C15H20ClN3O. The molecule has 108 valence electrons. The fraction of sp³-hybridized carbons (Fsp3) is 0.533. The molecule has 0 aliphatic carbocycles. The molecule has 3 rings (SSSR count). The molecule has 0 bridgehead atoms. The number of hydrogen-bond acceptors (Lipinski definition) is 3. The summed E-state index contributed by atoms with van der Waals surface area (Å²) in [5, 5.41) is 4.26. The van der Waals surface area contributed by atoms with E-state index in [1.54, 1.807) is 0 Å². The van der Waals surface area contributed by atoms with Crippen LogP contribution in [0.15, 0.2) is 18.2 Å². The highest BCUT2D eigenvalue weighted by Gasteiger charge is 2.19. The number of nitrogens with zero attached hydrogens (tertiary/aromatic N) is 2. The van der Waals surface area contributed by atoms with E-state index in [1.165, 1.54) is 0 Å². The van der Waals surface area contributed by atoms with Gasteiger partial charge in [0.1, 0.15) is 5.82 Å². The summed E-state index contributed by atoms with van der Waals surface area (Å²) in [6.45, 7) is 5.59. The third kappa shape index (κ3) is 2.68. The molecule has 1 N–H and O–H groups in total. The summed E-state index contributed by atoms with van der Waals surface area (Å²) in [6, 6.07) is 6.26. The zero-order valence-corrected chi connectivity index (χ0v) is 12.5. The number of ether oxygens (including phenoxy) is 1. The van der Waals surface area contributed by atoms with E-state index in [0.29, 0.717) is 6.04 Å². The summed E-state index contributed by atoms with van der Waals surface area (Å²) in [4.78, 5) is 4.77. The summed E-state index contributed by atoms with van der Waals surface area (Å²) in [5.74, 6) is 1.10. The third-order valence-electron chi connectivity index (χ3n) is 3.67. The molecule has 0 radical (unpaired) electrons. The summed E-state index contributed by atoms with van der Waals surface area (Å²) >= 11 is 6.35. The summed E-state index contributed by atoms with van der Waals surface area (Å²) in [6.07, 6.45) is 1.95. The first-order valence-corrected chi connectivity index (χ1v) is 7.62. The highest BCUT2D eigenvalue weighted by atomic mass is 35.5. The Morgan fingerprint density at radius 1 is 1.50 bits per heavy atom. The van der Waals surface area contributed by atoms with Crippen molar-refractivity contribution in [2.24, 2.45) is 0 Å². The lowest BCUT2D eigenvalue weighted by Crippen LogP contribution is -2.43. The summed E-state index contributed by atoms with van der Waals surface area (Å²) < 4.78 is 7.78. The number of aromatic nitrogens is 2. The van der Waals surface area contributed by atoms with Gasteiger partial charge in [-0.3, -0.25) is 0 Å². The van der Waals surface area contributed by atoms with Gasteiger partial charge in [0.15, 0.2) is 0 Å². The number of halogens is 1. The highest BCUT2D eigenvalue weighted by Crippen LogP contribution is 2.25. The largest absolute Gasteiger partial charge is 0.379 e. The number of nitrogens with one attached hydrogen (secondary N) is 1. The Kier molecular flexibility index (Phi) is 4.24. The number of hydrogen-bond donors (Lipinski definition) is 1. The average Bonchev–Trinajstić information content (AvgIpc) is 2.80. The number of rotatable bonds is 4. The zero-order chi connectivity index (χ0) is 13.9. The third-order valence-corrected chi connectivity index (χ3v) is 3.98. The average molecular weight is 294 g/mol. The molecule has 1 atom stereocenters. The Labute approximate surface area is 124 Å². The van der Waals surface area contributed by atoms with Gasteiger partial charge in [0.05, 0.1) is 29.3 Å². The van der Waals surface area contributed by atoms with E-state index in [9.17, 15) is 0 Å². The SMILES string of the molecule is CCCn1c(CC2COCCN2)nc2cccc(Cl)c21. The topological polar surface area (TPSA) is 39.1 Å². The van der Waals surface area contributed by atoms with E-state index in [-0.39, 0.29) is 0 Å². The normalized spacial score (nSPS) is 19.6. The lowest BCUT2D eigenvalue weighted by atomic mass is 10.2. The van der Waals surface area contributed by atoms with Gasteiger partial charge in [0, 0.05) is 25.6 Å². The second kappa shape index (κ2) is 6.12. The van der Waals surface area contributed by atoms with Crippen LogP contribution < -0.4 is 5.32 Å². The Hall–Kier alpha value is -1.10. The Morgan fingerprint density at radius 3 is 3.15 bits per heavy atom. The van der Waals surface area contributed by atoms with Gasteiger partial charge in [-0.1, -0.05) is 24.6 Å². The van der Waals surface area contributed by atoms with Crippen LogP contribution in [0.2, 0.25) is 5.02 Å². The minimum absolute atomic E-state index is 0.343. The smallest absolute Gasteiger partial charge is 0.111 e. The van der Waals surface area contributed by atoms with E-state index in [1.807, 2.05) is 18.2 Å². The highest BCUT2D eigenvalue weighted by molar-refractivity contribution is 6.35. The number of morpholine rings is 1. The van der Waals surface area contributed by atoms with E-state index < -0.39 is 0 Å². The van der Waals surface area contributed by atoms with Crippen LogP contribution in [0, 0.1) is 0 Å². The van der Waals surface area contributed by atoms with Crippen LogP contribution in [0.25, 0.3) is 11.0 Å². The van der Waals surface area contributed by atoms with Crippen LogP contribution in [0.5, 0.6) is 0 Å². The molecule has 1 fully saturated rings. The fourth-order valence-electron chi connectivity index (χ4n) is 2.78. The first kappa shape index (κ1) is 13.9. The maximum atomic E-state index is 6.35. The van der Waals surface area contributed by atoms with Gasteiger partial charge >= 0.3 is 0 Å². The predicted octanol–water partition coefficient (Wildman–Crippen LogP) is 2.63. The molecule has 1 aliphatic heterocycles. The molecule has 1 aliphatic rings. The van der Waals surface area contributed by atoms with Crippen LogP contribution in [0.1, 0.15) is 19.2 Å². The molecule has 0 amide bonds. The minimum Gasteiger partial charge on any atom is -0.379 e. The fourth-order valence-corrected chi connectivity index (χ4v) is 3.05. The second-order valence-corrected chi connectivity index (χ2v) is 5.62. The minimum atomic E-state index is 0.343. The van der Waals surface area contributed by atoms with Crippen molar-refractivity contribution in [2.45, 2.75) is 32.4 Å². The number of fused-ring (bicyclic) bond motifs is 1. The molecular weight excluding hydrogens is 274 g/mol. The summed E-state index contributed by atoms with van der Waals surface area (Å²) in [7, 11) is 0. The van der Waals surface area contributed by atoms with Crippen molar-refractivity contribution >= 4 is 22.6 Å². The first-order chi connectivity index (χ1) is 9.79. The van der Waals surface area contributed by atoms with Crippen LogP contribution in [-0.2, 0) is 17.7 Å². The van der Waals surface area contributed by atoms with Crippen LogP contribution >= 0.6 is 11.6 Å². The van der Waals surface area contributed by atoms with Crippen molar-refractivity contribution in [1.29, 1.82) is 0 Å². The molecule has 2 aromatic rings. The number of aryl methyl sites for hydroxylation is 1. The second-order valence-electron chi connectivity index (χ2n) is 5.22. The van der Waals surface area contributed by atoms with Gasteiger partial charge in [-0.05, 0) is 18.6 Å². The van der Waals surface area contributed by atoms with Gasteiger partial charge in [0.25, 0.3) is 0 Å². The monoisotopic (exact) mass is 293 g/mol. The molecule has 1 aromatic heterocycles. The Balaban J connectivity index is 1.96. The van der Waals surface area contributed by atoms with Crippen molar-refractivity contribution in [3.63, 3.8) is 0 Å². The van der Waals surface area contributed by atoms with Gasteiger partial charge in [-0.25, -0.2) is 4.98 Å². The van der Waals surface area contributed by atoms with E-state index >= 15 is 0 Å². The van der Waals surface area contributed by atoms with E-state index in [4.69, 9.17) is 21.3 Å². The van der Waals surface area contributed by atoms with Crippen LogP contribution in [0.4, 0.5) is 0 Å². The molecule has 1 aromatic carbocycles. The molecule has 0 saturated carbocycles. The number of benzene rings is 1. The van der Waals surface area contributed by atoms with Crippen molar-refractivity contribution in [2.75, 3.05) is 19.8 Å². The van der Waals surface area contributed by atoms with E-state index in [2.05, 4.69) is 16.8 Å². The maximum absolute atomic E-state index is 6.35. The van der Waals surface area contributed by atoms with Gasteiger partial charge in [0.2, 0.25) is 0 Å². The predicted molar refractivity (Wildman–Crippen MR) is 81.3 cm³/mol. The number of imidazole rings is 1. The molecule has 5 heteroatoms. The van der Waals surface area contributed by atoms with Crippen molar-refractivity contribution in [3.8, 4) is 0 Å². The Morgan fingerprint density at radius 2 is 2.40 bits per heavy atom. The lowest BCUT2D eigenvalue weighted by molar-refractivity contribution is 0.0761. The van der Waals surface area contributed by atoms with Crippen molar-refractivity contribution < 1.29 is 4.74 Å². The van der Waals surface area contributed by atoms with Gasteiger partial charge in [-0.2, -0.15) is 0 Å². The van der Waals surface area contributed by atoms with Crippen molar-refractivity contribution in [1.82, 2.24) is 14.9 Å². The zero-order valence-electron chi connectivity index (χ0n) is 11.7. The maximum Gasteiger partial charge on any atom is 0.111 e. The quantitative estimate of drug-likeness (QED) is 0.942. The van der Waals surface area contributed by atoms with Crippen molar-refractivity contribution in [3.05, 3.63) is 29.0 Å². The first-order valence-electron chi connectivity index (χ1n) is 7.24. The Bertz CT molecular complexity index is 590. The molecule has 4 nitrogen and oxygen atoms in total. The van der Waals surface area contributed by atoms with E-state index in [0.717, 1.165) is 61.0 Å². The van der Waals surface area contributed by atoms with Gasteiger partial charge < -0.3 is 14.6 Å². The molecule has 2 heterocycles. The van der Waals surface area contributed by atoms with Crippen LogP contribution in [0.3, 0.4) is 0 Å². The number of para-hydroxylation sites is 1. The molecule has 1 unspecified atom stereocenters. The molecule has 0 spiro atoms. The lowest BCUT2D eigenvalue weighted by Gasteiger charge is -2.23. The van der Waals surface area contributed by atoms with Gasteiger partial charge in [-0.15, -0.1) is 0 Å². The standard InChI is InChI=1S/C15H20ClN3O/c1-2-7-19-14(9-11-10-20-8-6-17-11)18-13-5-3-4-12(16)15(13)19/h3-5,11,17H,2,6-10H2,1H3.